The Labute approximate surface area is 151 Å². The number of fused-ring (bicyclic) bond motifs is 1. The third-order valence-electron chi connectivity index (χ3n) is 3.88. The number of ether oxygens (including phenoxy) is 1. The lowest BCUT2D eigenvalue weighted by atomic mass is 10.2. The summed E-state index contributed by atoms with van der Waals surface area (Å²) >= 11 is 1.51. The number of methoxy groups -OCH3 is 1. The zero-order chi connectivity index (χ0) is 17.8. The van der Waals surface area contributed by atoms with Crippen molar-refractivity contribution in [1.82, 2.24) is 4.98 Å². The zero-order valence-corrected chi connectivity index (χ0v) is 15.3. The number of pyridine rings is 1. The Hall–Kier alpha value is -2.53. The van der Waals surface area contributed by atoms with Gasteiger partial charge in [0, 0.05) is 21.7 Å². The average molecular weight is 352 g/mol. The molecule has 25 heavy (non-hydrogen) atoms. The smallest absolute Gasteiger partial charge is 0.234 e. The molecule has 0 spiro atoms. The van der Waals surface area contributed by atoms with Crippen LogP contribution in [0.15, 0.2) is 53.4 Å². The largest absolute Gasteiger partial charge is 0.497 e. The van der Waals surface area contributed by atoms with Crippen molar-refractivity contribution in [3.8, 4) is 5.75 Å². The quantitative estimate of drug-likeness (QED) is 0.682. The SMILES string of the molecule is COc1ccc2nc(C)cc(SCC(=O)Nc3ccccc3C)c2c1. The van der Waals surface area contributed by atoms with Crippen LogP contribution in [-0.4, -0.2) is 23.8 Å². The van der Waals surface area contributed by atoms with Gasteiger partial charge in [-0.15, -0.1) is 11.8 Å². The molecule has 0 unspecified atom stereocenters. The number of amides is 1. The molecule has 2 aromatic carbocycles. The van der Waals surface area contributed by atoms with Crippen LogP contribution in [0.25, 0.3) is 10.9 Å². The molecule has 1 heterocycles. The number of para-hydroxylation sites is 1. The number of carbonyl (C=O) groups excluding carboxylic acids is 1. The van der Waals surface area contributed by atoms with E-state index < -0.39 is 0 Å². The number of nitrogens with one attached hydrogen (secondary N) is 1. The Morgan fingerprint density at radius 3 is 2.72 bits per heavy atom. The van der Waals surface area contributed by atoms with Crippen LogP contribution in [0.5, 0.6) is 5.75 Å². The number of thioether (sulfide) groups is 1. The number of aromatic nitrogens is 1. The number of hydrogen-bond donors (Lipinski definition) is 1. The van der Waals surface area contributed by atoms with E-state index >= 15 is 0 Å². The first kappa shape index (κ1) is 17.3. The lowest BCUT2D eigenvalue weighted by Crippen LogP contribution is -2.14. The molecule has 0 aliphatic carbocycles. The van der Waals surface area contributed by atoms with Crippen molar-refractivity contribution in [2.24, 2.45) is 0 Å². The molecule has 1 aromatic heterocycles. The fraction of sp³-hybridized carbons (Fsp3) is 0.200. The first-order chi connectivity index (χ1) is 12.1. The highest BCUT2D eigenvalue weighted by Crippen LogP contribution is 2.30. The van der Waals surface area contributed by atoms with Gasteiger partial charge in [0.2, 0.25) is 5.91 Å². The van der Waals surface area contributed by atoms with E-state index in [9.17, 15) is 4.79 Å². The van der Waals surface area contributed by atoms with Gasteiger partial charge in [-0.3, -0.25) is 9.78 Å². The second-order valence-electron chi connectivity index (χ2n) is 5.80. The maximum Gasteiger partial charge on any atom is 0.234 e. The number of carbonyl (C=O) groups is 1. The molecular weight excluding hydrogens is 332 g/mol. The summed E-state index contributed by atoms with van der Waals surface area (Å²) in [5.41, 5.74) is 3.74. The summed E-state index contributed by atoms with van der Waals surface area (Å²) in [7, 11) is 1.64. The molecule has 3 rings (SSSR count). The molecule has 4 nitrogen and oxygen atoms in total. The molecule has 128 valence electrons. The second kappa shape index (κ2) is 7.57. The van der Waals surface area contributed by atoms with Crippen LogP contribution >= 0.6 is 11.8 Å². The van der Waals surface area contributed by atoms with Crippen LogP contribution in [0.2, 0.25) is 0 Å². The number of rotatable bonds is 5. The molecule has 0 bridgehead atoms. The van der Waals surface area contributed by atoms with E-state index in [1.807, 2.05) is 62.4 Å². The highest BCUT2D eigenvalue weighted by atomic mass is 32.2. The van der Waals surface area contributed by atoms with Crippen molar-refractivity contribution in [1.29, 1.82) is 0 Å². The lowest BCUT2D eigenvalue weighted by molar-refractivity contribution is -0.113. The van der Waals surface area contributed by atoms with Crippen molar-refractivity contribution in [3.05, 3.63) is 59.8 Å². The summed E-state index contributed by atoms with van der Waals surface area (Å²) in [4.78, 5) is 17.9. The van der Waals surface area contributed by atoms with Gasteiger partial charge in [-0.05, 0) is 49.7 Å². The molecule has 0 saturated carbocycles. The van der Waals surface area contributed by atoms with E-state index in [1.165, 1.54) is 11.8 Å². The van der Waals surface area contributed by atoms with Crippen LogP contribution < -0.4 is 10.1 Å². The molecule has 0 atom stereocenters. The summed E-state index contributed by atoms with van der Waals surface area (Å²) in [5.74, 6) is 1.10. The maximum absolute atomic E-state index is 12.3. The molecule has 0 aliphatic heterocycles. The van der Waals surface area contributed by atoms with Crippen molar-refractivity contribution in [2.75, 3.05) is 18.2 Å². The lowest BCUT2D eigenvalue weighted by Gasteiger charge is -2.10. The first-order valence-corrected chi connectivity index (χ1v) is 8.99. The van der Waals surface area contributed by atoms with Gasteiger partial charge in [0.1, 0.15) is 5.75 Å². The minimum Gasteiger partial charge on any atom is -0.497 e. The fourth-order valence-corrected chi connectivity index (χ4v) is 3.52. The summed E-state index contributed by atoms with van der Waals surface area (Å²) in [6.07, 6.45) is 0. The van der Waals surface area contributed by atoms with E-state index in [0.29, 0.717) is 5.75 Å². The van der Waals surface area contributed by atoms with Crippen molar-refractivity contribution >= 4 is 34.3 Å². The number of hydrogen-bond acceptors (Lipinski definition) is 4. The summed E-state index contributed by atoms with van der Waals surface area (Å²) in [6, 6.07) is 15.6. The van der Waals surface area contributed by atoms with Crippen LogP contribution in [0.3, 0.4) is 0 Å². The van der Waals surface area contributed by atoms with Crippen molar-refractivity contribution in [3.63, 3.8) is 0 Å². The van der Waals surface area contributed by atoms with Gasteiger partial charge in [-0.25, -0.2) is 0 Å². The minimum absolute atomic E-state index is 0.0233. The average Bonchev–Trinajstić information content (AvgIpc) is 2.61. The number of nitrogens with zero attached hydrogens (tertiary/aromatic N) is 1. The van der Waals surface area contributed by atoms with Gasteiger partial charge >= 0.3 is 0 Å². The predicted octanol–water partition coefficient (Wildman–Crippen LogP) is 4.59. The third kappa shape index (κ3) is 4.12. The van der Waals surface area contributed by atoms with Crippen LogP contribution in [0.4, 0.5) is 5.69 Å². The van der Waals surface area contributed by atoms with Crippen LogP contribution in [0, 0.1) is 13.8 Å². The maximum atomic E-state index is 12.3. The van der Waals surface area contributed by atoms with E-state index in [4.69, 9.17) is 4.74 Å². The molecule has 0 fully saturated rings. The van der Waals surface area contributed by atoms with E-state index in [0.717, 1.165) is 38.5 Å². The Bertz CT molecular complexity index is 925. The Morgan fingerprint density at radius 1 is 1.16 bits per heavy atom. The fourth-order valence-electron chi connectivity index (χ4n) is 2.59. The van der Waals surface area contributed by atoms with Crippen LogP contribution in [0.1, 0.15) is 11.3 Å². The highest BCUT2D eigenvalue weighted by molar-refractivity contribution is 8.00. The summed E-state index contributed by atoms with van der Waals surface area (Å²) < 4.78 is 5.31. The van der Waals surface area contributed by atoms with Gasteiger partial charge in [0.15, 0.2) is 0 Å². The third-order valence-corrected chi connectivity index (χ3v) is 4.94. The second-order valence-corrected chi connectivity index (χ2v) is 6.81. The Balaban J connectivity index is 1.78. The summed E-state index contributed by atoms with van der Waals surface area (Å²) in [6.45, 7) is 3.94. The molecule has 1 N–H and O–H groups in total. The summed E-state index contributed by atoms with van der Waals surface area (Å²) in [5, 5.41) is 3.96. The van der Waals surface area contributed by atoms with Gasteiger partial charge in [-0.2, -0.15) is 0 Å². The molecule has 3 aromatic rings. The normalized spacial score (nSPS) is 10.7. The van der Waals surface area contributed by atoms with E-state index in [-0.39, 0.29) is 5.91 Å². The monoisotopic (exact) mass is 352 g/mol. The number of benzene rings is 2. The molecule has 0 aliphatic rings. The van der Waals surface area contributed by atoms with Crippen molar-refractivity contribution < 1.29 is 9.53 Å². The standard InChI is InChI=1S/C20H20N2O2S/c1-13-6-4-5-7-17(13)22-20(23)12-25-19-10-14(2)21-18-9-8-15(24-3)11-16(18)19/h4-11H,12H2,1-3H3,(H,22,23). The zero-order valence-electron chi connectivity index (χ0n) is 14.5. The molecule has 1 amide bonds. The molecule has 0 radical (unpaired) electrons. The van der Waals surface area contributed by atoms with E-state index in [2.05, 4.69) is 10.3 Å². The first-order valence-electron chi connectivity index (χ1n) is 8.00. The molecule has 5 heteroatoms. The Morgan fingerprint density at radius 2 is 1.96 bits per heavy atom. The van der Waals surface area contributed by atoms with Gasteiger partial charge < -0.3 is 10.1 Å². The van der Waals surface area contributed by atoms with Gasteiger partial charge in [0.25, 0.3) is 0 Å². The molecular formula is C20H20N2O2S. The Kier molecular flexibility index (Phi) is 5.24. The highest BCUT2D eigenvalue weighted by Gasteiger charge is 2.10. The van der Waals surface area contributed by atoms with Gasteiger partial charge in [0.05, 0.1) is 18.4 Å². The topological polar surface area (TPSA) is 51.2 Å². The number of aryl methyl sites for hydroxylation is 2. The van der Waals surface area contributed by atoms with Crippen molar-refractivity contribution in [2.45, 2.75) is 18.7 Å². The molecule has 0 saturated heterocycles. The minimum atomic E-state index is -0.0233. The van der Waals surface area contributed by atoms with E-state index in [1.54, 1.807) is 7.11 Å². The van der Waals surface area contributed by atoms with Crippen LogP contribution in [-0.2, 0) is 4.79 Å². The van der Waals surface area contributed by atoms with Gasteiger partial charge in [-0.1, -0.05) is 18.2 Å². The number of anilines is 1. The predicted molar refractivity (Wildman–Crippen MR) is 104 cm³/mol.